The van der Waals surface area contributed by atoms with E-state index in [9.17, 15) is 4.79 Å². The quantitative estimate of drug-likeness (QED) is 0.627. The zero-order chi connectivity index (χ0) is 21.7. The lowest BCUT2D eigenvalue weighted by Crippen LogP contribution is -2.41. The number of aryl methyl sites for hydroxylation is 1. The molecule has 1 amide bonds. The van der Waals surface area contributed by atoms with E-state index < -0.39 is 0 Å². The maximum Gasteiger partial charge on any atom is 0.410 e. The summed E-state index contributed by atoms with van der Waals surface area (Å²) >= 11 is 0. The summed E-state index contributed by atoms with van der Waals surface area (Å²) in [6.45, 7) is 5.71. The second kappa shape index (κ2) is 9.28. The minimum Gasteiger partial charge on any atom is -0.444 e. The molecule has 0 spiro atoms. The van der Waals surface area contributed by atoms with Crippen molar-refractivity contribution in [1.82, 2.24) is 29.3 Å². The zero-order valence-electron chi connectivity index (χ0n) is 18.6. The second-order valence-corrected chi connectivity index (χ2v) is 8.76. The van der Waals surface area contributed by atoms with Crippen LogP contribution in [0.2, 0.25) is 0 Å². The number of carbonyl (C=O) groups excluding carboxylic acids is 1. The summed E-state index contributed by atoms with van der Waals surface area (Å²) in [7, 11) is 3.74. The smallest absolute Gasteiger partial charge is 0.410 e. The summed E-state index contributed by atoms with van der Waals surface area (Å²) in [4.78, 5) is 17.9. The van der Waals surface area contributed by atoms with E-state index >= 15 is 0 Å². The highest BCUT2D eigenvalue weighted by molar-refractivity contribution is 5.68. The van der Waals surface area contributed by atoms with E-state index in [4.69, 9.17) is 4.74 Å². The maximum absolute atomic E-state index is 11.8. The van der Waals surface area contributed by atoms with Crippen LogP contribution in [0.3, 0.4) is 0 Å². The summed E-state index contributed by atoms with van der Waals surface area (Å²) in [6, 6.07) is 2.30. The molecule has 3 aromatic heterocycles. The summed E-state index contributed by atoms with van der Waals surface area (Å²) < 4.78 is 8.89. The van der Waals surface area contributed by atoms with Crippen LogP contribution in [0.5, 0.6) is 0 Å². The normalized spacial score (nSPS) is 14.8. The predicted molar refractivity (Wildman–Crippen MR) is 116 cm³/mol. The molecule has 0 saturated heterocycles. The van der Waals surface area contributed by atoms with E-state index in [1.807, 2.05) is 53.3 Å². The first-order valence-electron chi connectivity index (χ1n) is 10.5. The van der Waals surface area contributed by atoms with Crippen LogP contribution >= 0.6 is 0 Å². The molecule has 1 fully saturated rings. The first kappa shape index (κ1) is 21.8. The molecular weight excluding hydrogens is 380 g/mol. The third-order valence-electron chi connectivity index (χ3n) is 5.09. The highest BCUT2D eigenvalue weighted by Crippen LogP contribution is 2.23. The molecule has 0 atom stereocenters. The van der Waals surface area contributed by atoms with E-state index in [1.54, 1.807) is 32.7 Å². The molecule has 1 aliphatic rings. The van der Waals surface area contributed by atoms with Crippen LogP contribution < -0.4 is 0 Å². The van der Waals surface area contributed by atoms with Gasteiger partial charge in [-0.25, -0.2) is 9.31 Å². The predicted octanol–water partition coefficient (Wildman–Crippen LogP) is 4.32. The highest BCUT2D eigenvalue weighted by atomic mass is 16.6. The molecule has 8 heteroatoms. The Bertz CT molecular complexity index is 965. The molecule has 162 valence electrons. The van der Waals surface area contributed by atoms with Crippen molar-refractivity contribution >= 4 is 11.6 Å². The standard InChI is InChI=1S/C12H23NO2.C10H9N5/c1-12(2,3)15-11(14)13(4)10-8-6-5-7-9-10;1-14-6-8(4-13-14)10-7-15-9(5-11-10)2-3-12-15/h10H,5-9H2,1-4H3;2-7H,1H3. The summed E-state index contributed by atoms with van der Waals surface area (Å²) in [6.07, 6.45) is 15.0. The monoisotopic (exact) mass is 412 g/mol. The number of amides is 1. The maximum atomic E-state index is 11.8. The highest BCUT2D eigenvalue weighted by Gasteiger charge is 2.26. The van der Waals surface area contributed by atoms with Gasteiger partial charge in [0.05, 0.1) is 36.0 Å². The third-order valence-corrected chi connectivity index (χ3v) is 5.09. The van der Waals surface area contributed by atoms with Gasteiger partial charge in [0.2, 0.25) is 0 Å². The van der Waals surface area contributed by atoms with Crippen molar-refractivity contribution in [3.63, 3.8) is 0 Å². The Hall–Kier alpha value is -2.90. The van der Waals surface area contributed by atoms with E-state index in [0.29, 0.717) is 6.04 Å². The van der Waals surface area contributed by atoms with Gasteiger partial charge in [-0.15, -0.1) is 0 Å². The number of aromatic nitrogens is 5. The van der Waals surface area contributed by atoms with Crippen molar-refractivity contribution < 1.29 is 9.53 Å². The van der Waals surface area contributed by atoms with E-state index in [2.05, 4.69) is 15.2 Å². The van der Waals surface area contributed by atoms with Gasteiger partial charge in [0, 0.05) is 31.9 Å². The van der Waals surface area contributed by atoms with E-state index in [0.717, 1.165) is 29.6 Å². The van der Waals surface area contributed by atoms with Crippen molar-refractivity contribution in [3.8, 4) is 11.3 Å². The minimum absolute atomic E-state index is 0.186. The number of ether oxygens (including phenoxy) is 1. The lowest BCUT2D eigenvalue weighted by atomic mass is 9.95. The van der Waals surface area contributed by atoms with E-state index in [1.165, 1.54) is 19.3 Å². The fourth-order valence-corrected chi connectivity index (χ4v) is 3.47. The van der Waals surface area contributed by atoms with Gasteiger partial charge >= 0.3 is 6.09 Å². The Morgan fingerprint density at radius 1 is 1.13 bits per heavy atom. The molecule has 3 heterocycles. The van der Waals surface area contributed by atoms with Crippen LogP contribution in [-0.4, -0.2) is 54.1 Å². The van der Waals surface area contributed by atoms with Crippen molar-refractivity contribution in [1.29, 1.82) is 0 Å². The van der Waals surface area contributed by atoms with Gasteiger partial charge in [0.1, 0.15) is 5.60 Å². The number of fused-ring (bicyclic) bond motifs is 1. The molecule has 4 rings (SSSR count). The molecule has 0 radical (unpaired) electrons. The van der Waals surface area contributed by atoms with Gasteiger partial charge in [-0.2, -0.15) is 10.2 Å². The molecule has 0 aliphatic heterocycles. The number of rotatable bonds is 2. The number of carbonyl (C=O) groups is 1. The van der Waals surface area contributed by atoms with Crippen LogP contribution in [-0.2, 0) is 11.8 Å². The molecule has 0 unspecified atom stereocenters. The molecular formula is C22H32N6O2. The molecule has 0 aromatic carbocycles. The minimum atomic E-state index is -0.389. The molecule has 3 aromatic rings. The average molecular weight is 413 g/mol. The molecule has 1 saturated carbocycles. The second-order valence-electron chi connectivity index (χ2n) is 8.76. The van der Waals surface area contributed by atoms with Crippen LogP contribution in [0.4, 0.5) is 4.79 Å². The topological polar surface area (TPSA) is 77.5 Å². The largest absolute Gasteiger partial charge is 0.444 e. The third kappa shape index (κ3) is 5.81. The van der Waals surface area contributed by atoms with Crippen molar-refractivity contribution in [3.05, 3.63) is 37.1 Å². The fourth-order valence-electron chi connectivity index (χ4n) is 3.47. The number of nitrogens with zero attached hydrogens (tertiary/aromatic N) is 6. The molecule has 30 heavy (non-hydrogen) atoms. The van der Waals surface area contributed by atoms with Crippen LogP contribution in [0.25, 0.3) is 16.8 Å². The molecule has 0 N–H and O–H groups in total. The van der Waals surface area contributed by atoms with Gasteiger partial charge in [0.15, 0.2) is 0 Å². The molecule has 1 aliphatic carbocycles. The summed E-state index contributed by atoms with van der Waals surface area (Å²) in [5.74, 6) is 0. The van der Waals surface area contributed by atoms with E-state index in [-0.39, 0.29) is 11.7 Å². The Balaban J connectivity index is 0.000000171. The lowest BCUT2D eigenvalue weighted by Gasteiger charge is -2.32. The van der Waals surface area contributed by atoms with Gasteiger partial charge in [-0.3, -0.25) is 9.67 Å². The van der Waals surface area contributed by atoms with Crippen molar-refractivity contribution in [2.75, 3.05) is 7.05 Å². The van der Waals surface area contributed by atoms with Crippen molar-refractivity contribution in [2.45, 2.75) is 64.5 Å². The van der Waals surface area contributed by atoms with Gasteiger partial charge in [-0.1, -0.05) is 19.3 Å². The summed E-state index contributed by atoms with van der Waals surface area (Å²) in [5.41, 5.74) is 2.47. The van der Waals surface area contributed by atoms with Crippen LogP contribution in [0.1, 0.15) is 52.9 Å². The SMILES string of the molecule is CN(C(=O)OC(C)(C)C)C1CCCCC1.Cn1cc(-c2cn3nccc3cn2)cn1. The Labute approximate surface area is 177 Å². The summed E-state index contributed by atoms with van der Waals surface area (Å²) in [5, 5.41) is 8.27. The number of hydrogen-bond donors (Lipinski definition) is 0. The van der Waals surface area contributed by atoms with Gasteiger partial charge in [-0.05, 0) is 39.7 Å². The number of hydrogen-bond acceptors (Lipinski definition) is 5. The first-order chi connectivity index (χ1) is 14.2. The Kier molecular flexibility index (Phi) is 6.74. The Morgan fingerprint density at radius 2 is 1.87 bits per heavy atom. The average Bonchev–Trinajstić information content (AvgIpc) is 3.35. The molecule has 0 bridgehead atoms. The van der Waals surface area contributed by atoms with Crippen LogP contribution in [0, 0.1) is 0 Å². The Morgan fingerprint density at radius 3 is 2.50 bits per heavy atom. The fraction of sp³-hybridized carbons (Fsp3) is 0.545. The van der Waals surface area contributed by atoms with Crippen molar-refractivity contribution in [2.24, 2.45) is 7.05 Å². The van der Waals surface area contributed by atoms with Gasteiger partial charge in [0.25, 0.3) is 0 Å². The lowest BCUT2D eigenvalue weighted by molar-refractivity contribution is 0.0189. The molecule has 8 nitrogen and oxygen atoms in total. The van der Waals surface area contributed by atoms with Gasteiger partial charge < -0.3 is 9.64 Å². The van der Waals surface area contributed by atoms with Crippen LogP contribution in [0.15, 0.2) is 37.1 Å². The first-order valence-corrected chi connectivity index (χ1v) is 10.5. The zero-order valence-corrected chi connectivity index (χ0v) is 18.6.